The number of hydrogen-bond donors (Lipinski definition) is 0. The van der Waals surface area contributed by atoms with Gasteiger partial charge < -0.3 is 9.80 Å². The van der Waals surface area contributed by atoms with Crippen molar-refractivity contribution < 1.29 is 0 Å². The Morgan fingerprint density at radius 3 is 2.75 bits per heavy atom. The molecule has 2 heterocycles. The molecule has 0 amide bonds. The second kappa shape index (κ2) is 5.28. The highest BCUT2D eigenvalue weighted by atomic mass is 35.5. The SMILES string of the molecule is C=C1C(N2C=C(C)CC2)=NC(Cl)=CN1C(CC)C1CC1. The molecule has 0 aromatic rings. The third kappa shape index (κ3) is 2.51. The molecule has 3 aliphatic rings. The van der Waals surface area contributed by atoms with E-state index >= 15 is 0 Å². The van der Waals surface area contributed by atoms with E-state index in [9.17, 15) is 0 Å². The minimum absolute atomic E-state index is 0.509. The predicted octanol–water partition coefficient (Wildman–Crippen LogP) is 4.05. The van der Waals surface area contributed by atoms with Gasteiger partial charge in [0, 0.05) is 25.0 Å². The van der Waals surface area contributed by atoms with Crippen molar-refractivity contribution in [2.45, 2.75) is 45.6 Å². The van der Waals surface area contributed by atoms with Crippen molar-refractivity contribution in [1.29, 1.82) is 0 Å². The van der Waals surface area contributed by atoms with Gasteiger partial charge in [0.05, 0.1) is 5.70 Å². The average molecular weight is 292 g/mol. The fourth-order valence-electron chi connectivity index (χ4n) is 3.13. The van der Waals surface area contributed by atoms with Gasteiger partial charge >= 0.3 is 0 Å². The van der Waals surface area contributed by atoms with E-state index in [0.29, 0.717) is 11.2 Å². The Kier molecular flexibility index (Phi) is 3.63. The highest BCUT2D eigenvalue weighted by Crippen LogP contribution is 2.40. The van der Waals surface area contributed by atoms with Gasteiger partial charge in [0.2, 0.25) is 0 Å². The van der Waals surface area contributed by atoms with Crippen molar-refractivity contribution in [2.75, 3.05) is 6.54 Å². The van der Waals surface area contributed by atoms with Gasteiger partial charge in [0.25, 0.3) is 0 Å². The molecule has 0 radical (unpaired) electrons. The zero-order chi connectivity index (χ0) is 14.3. The maximum absolute atomic E-state index is 6.26. The molecule has 1 aliphatic carbocycles. The summed E-state index contributed by atoms with van der Waals surface area (Å²) >= 11 is 6.26. The van der Waals surface area contributed by atoms with E-state index in [-0.39, 0.29) is 0 Å². The maximum Gasteiger partial charge on any atom is 0.157 e. The third-order valence-corrected chi connectivity index (χ3v) is 4.55. The highest BCUT2D eigenvalue weighted by Gasteiger charge is 2.37. The quantitative estimate of drug-likeness (QED) is 0.731. The van der Waals surface area contributed by atoms with Gasteiger partial charge in [0.1, 0.15) is 5.16 Å². The second-order valence-electron chi connectivity index (χ2n) is 5.97. The molecular weight excluding hydrogens is 270 g/mol. The van der Waals surface area contributed by atoms with E-state index in [1.54, 1.807) is 0 Å². The lowest BCUT2D eigenvalue weighted by atomic mass is 10.1. The number of amidine groups is 1. The molecule has 0 bridgehead atoms. The van der Waals surface area contributed by atoms with Crippen molar-refractivity contribution in [3.05, 3.63) is 35.4 Å². The van der Waals surface area contributed by atoms with Crippen LogP contribution in [0.25, 0.3) is 0 Å². The molecule has 0 aromatic heterocycles. The first-order chi connectivity index (χ1) is 9.60. The van der Waals surface area contributed by atoms with Crippen LogP contribution in [0, 0.1) is 5.92 Å². The Bertz CT molecular complexity index is 514. The van der Waals surface area contributed by atoms with Crippen LogP contribution in [-0.4, -0.2) is 28.2 Å². The van der Waals surface area contributed by atoms with Crippen LogP contribution >= 0.6 is 11.6 Å². The summed E-state index contributed by atoms with van der Waals surface area (Å²) in [6.45, 7) is 9.65. The van der Waals surface area contributed by atoms with Gasteiger partial charge in [-0.3, -0.25) is 0 Å². The fraction of sp³-hybridized carbons (Fsp3) is 0.562. The Morgan fingerprint density at radius 1 is 1.45 bits per heavy atom. The van der Waals surface area contributed by atoms with Crippen molar-refractivity contribution in [1.82, 2.24) is 9.80 Å². The van der Waals surface area contributed by atoms with E-state index < -0.39 is 0 Å². The smallest absolute Gasteiger partial charge is 0.157 e. The standard InChI is InChI=1S/C16H22ClN3/c1-4-14(13-5-6-13)20-10-15(17)18-16(12(20)3)19-8-7-11(2)9-19/h9-10,13-14H,3-8H2,1-2H3. The highest BCUT2D eigenvalue weighted by molar-refractivity contribution is 6.30. The summed E-state index contributed by atoms with van der Waals surface area (Å²) in [7, 11) is 0. The topological polar surface area (TPSA) is 18.8 Å². The van der Waals surface area contributed by atoms with E-state index in [0.717, 1.165) is 36.8 Å². The van der Waals surface area contributed by atoms with Crippen molar-refractivity contribution in [2.24, 2.45) is 10.9 Å². The first kappa shape index (κ1) is 13.7. The summed E-state index contributed by atoms with van der Waals surface area (Å²) < 4.78 is 0. The Labute approximate surface area is 126 Å². The summed E-state index contributed by atoms with van der Waals surface area (Å²) in [6.07, 6.45) is 8.97. The van der Waals surface area contributed by atoms with Gasteiger partial charge in [-0.1, -0.05) is 30.7 Å². The lowest BCUT2D eigenvalue weighted by molar-refractivity contribution is 0.300. The first-order valence-electron chi connectivity index (χ1n) is 7.47. The van der Waals surface area contributed by atoms with Gasteiger partial charge in [-0.15, -0.1) is 0 Å². The molecular formula is C16H22ClN3. The van der Waals surface area contributed by atoms with Crippen LogP contribution in [0.15, 0.2) is 40.4 Å². The van der Waals surface area contributed by atoms with Gasteiger partial charge in [-0.2, -0.15) is 0 Å². The molecule has 0 saturated heterocycles. The second-order valence-corrected chi connectivity index (χ2v) is 6.36. The van der Waals surface area contributed by atoms with Crippen LogP contribution in [0.1, 0.15) is 39.5 Å². The summed E-state index contributed by atoms with van der Waals surface area (Å²) in [6, 6.07) is 0.509. The van der Waals surface area contributed by atoms with Gasteiger partial charge in [-0.05, 0) is 38.5 Å². The number of halogens is 1. The van der Waals surface area contributed by atoms with E-state index in [1.807, 2.05) is 6.20 Å². The Morgan fingerprint density at radius 2 is 2.20 bits per heavy atom. The number of rotatable bonds is 3. The zero-order valence-corrected chi connectivity index (χ0v) is 13.0. The summed E-state index contributed by atoms with van der Waals surface area (Å²) in [5, 5.41) is 0.560. The molecule has 0 aromatic carbocycles. The zero-order valence-electron chi connectivity index (χ0n) is 12.3. The number of nitrogens with zero attached hydrogens (tertiary/aromatic N) is 3. The minimum atomic E-state index is 0.509. The molecule has 4 heteroatoms. The molecule has 0 spiro atoms. The van der Waals surface area contributed by atoms with Crippen molar-refractivity contribution in [3.63, 3.8) is 0 Å². The van der Waals surface area contributed by atoms with Gasteiger partial charge in [-0.25, -0.2) is 4.99 Å². The Hall–Kier alpha value is -1.22. The lowest BCUT2D eigenvalue weighted by Gasteiger charge is -2.36. The predicted molar refractivity (Wildman–Crippen MR) is 84.2 cm³/mol. The molecule has 3 nitrogen and oxygen atoms in total. The molecule has 0 N–H and O–H groups in total. The Balaban J connectivity index is 1.85. The van der Waals surface area contributed by atoms with Crippen LogP contribution in [-0.2, 0) is 0 Å². The van der Waals surface area contributed by atoms with Crippen LogP contribution in [0.3, 0.4) is 0 Å². The molecule has 2 aliphatic heterocycles. The van der Waals surface area contributed by atoms with Crippen LogP contribution in [0.5, 0.6) is 0 Å². The number of aliphatic imine (C=N–C) groups is 1. The molecule has 1 atom stereocenters. The normalized spacial score (nSPS) is 24.6. The van der Waals surface area contributed by atoms with E-state index in [2.05, 4.69) is 41.4 Å². The van der Waals surface area contributed by atoms with Crippen LogP contribution in [0.2, 0.25) is 0 Å². The molecule has 1 unspecified atom stereocenters. The summed E-state index contributed by atoms with van der Waals surface area (Å²) in [5.74, 6) is 1.70. The summed E-state index contributed by atoms with van der Waals surface area (Å²) in [4.78, 5) is 8.94. The van der Waals surface area contributed by atoms with Crippen LogP contribution in [0.4, 0.5) is 0 Å². The number of hydrogen-bond acceptors (Lipinski definition) is 3. The van der Waals surface area contributed by atoms with Crippen LogP contribution < -0.4 is 0 Å². The van der Waals surface area contributed by atoms with Crippen molar-refractivity contribution >= 4 is 17.4 Å². The minimum Gasteiger partial charge on any atom is -0.339 e. The largest absolute Gasteiger partial charge is 0.339 e. The molecule has 1 fully saturated rings. The molecule has 3 rings (SSSR count). The summed E-state index contributed by atoms with van der Waals surface area (Å²) in [5.41, 5.74) is 2.37. The van der Waals surface area contributed by atoms with E-state index in [4.69, 9.17) is 11.6 Å². The van der Waals surface area contributed by atoms with Gasteiger partial charge in [0.15, 0.2) is 5.84 Å². The molecule has 1 saturated carbocycles. The van der Waals surface area contributed by atoms with Crippen molar-refractivity contribution in [3.8, 4) is 0 Å². The van der Waals surface area contributed by atoms with E-state index in [1.165, 1.54) is 18.4 Å². The fourth-order valence-corrected chi connectivity index (χ4v) is 3.31. The first-order valence-corrected chi connectivity index (χ1v) is 7.85. The molecule has 108 valence electrons. The average Bonchev–Trinajstić information content (AvgIpc) is 3.16. The monoisotopic (exact) mass is 291 g/mol. The lowest BCUT2D eigenvalue weighted by Crippen LogP contribution is -2.40. The third-order valence-electron chi connectivity index (χ3n) is 4.37. The maximum atomic E-state index is 6.26. The molecule has 20 heavy (non-hydrogen) atoms.